The topological polar surface area (TPSA) is 58.2 Å². The van der Waals surface area contributed by atoms with Crippen LogP contribution in [0.25, 0.3) is 0 Å². The molecular formula is C14H24N2O2. The van der Waals surface area contributed by atoms with Crippen molar-refractivity contribution in [3.8, 4) is 0 Å². The number of carbonyl (C=O) groups is 2. The predicted octanol–water partition coefficient (Wildman–Crippen LogP) is 1.88. The largest absolute Gasteiger partial charge is 0.353 e. The van der Waals surface area contributed by atoms with E-state index in [1.54, 1.807) is 0 Å². The van der Waals surface area contributed by atoms with Gasteiger partial charge in [0.15, 0.2) is 0 Å². The van der Waals surface area contributed by atoms with Gasteiger partial charge in [-0.2, -0.15) is 0 Å². The average Bonchev–Trinajstić information content (AvgIpc) is 2.99. The molecule has 0 radical (unpaired) electrons. The molecular weight excluding hydrogens is 228 g/mol. The highest BCUT2D eigenvalue weighted by molar-refractivity contribution is 5.84. The van der Waals surface area contributed by atoms with E-state index in [1.807, 2.05) is 0 Å². The molecule has 0 aromatic heterocycles. The summed E-state index contributed by atoms with van der Waals surface area (Å²) in [4.78, 5) is 23.3. The van der Waals surface area contributed by atoms with Crippen molar-refractivity contribution in [2.75, 3.05) is 0 Å². The van der Waals surface area contributed by atoms with Crippen LogP contribution in [0.5, 0.6) is 0 Å². The second-order valence-electron chi connectivity index (χ2n) is 5.60. The molecule has 2 fully saturated rings. The zero-order chi connectivity index (χ0) is 12.8. The molecule has 0 heterocycles. The van der Waals surface area contributed by atoms with Gasteiger partial charge in [-0.3, -0.25) is 9.59 Å². The molecule has 0 aromatic carbocycles. The summed E-state index contributed by atoms with van der Waals surface area (Å²) < 4.78 is 0. The Morgan fingerprint density at radius 2 is 1.06 bits per heavy atom. The first-order valence-electron chi connectivity index (χ1n) is 7.33. The van der Waals surface area contributed by atoms with Gasteiger partial charge in [0.1, 0.15) is 0 Å². The monoisotopic (exact) mass is 252 g/mol. The van der Waals surface area contributed by atoms with Gasteiger partial charge in [0.25, 0.3) is 0 Å². The SMILES string of the molecule is O=C(CCC(=O)NC1CCCC1)NC1CCCC1. The summed E-state index contributed by atoms with van der Waals surface area (Å²) in [5.74, 6) is 0.0620. The molecule has 18 heavy (non-hydrogen) atoms. The van der Waals surface area contributed by atoms with E-state index < -0.39 is 0 Å². The Hall–Kier alpha value is -1.06. The van der Waals surface area contributed by atoms with Crippen LogP contribution in [0.4, 0.5) is 0 Å². The molecule has 0 saturated heterocycles. The van der Waals surface area contributed by atoms with Crippen LogP contribution >= 0.6 is 0 Å². The van der Waals surface area contributed by atoms with Crippen LogP contribution in [0, 0.1) is 0 Å². The highest BCUT2D eigenvalue weighted by Gasteiger charge is 2.19. The quantitative estimate of drug-likeness (QED) is 0.785. The van der Waals surface area contributed by atoms with Crippen molar-refractivity contribution in [3.63, 3.8) is 0 Å². The van der Waals surface area contributed by atoms with E-state index >= 15 is 0 Å². The Balaban J connectivity index is 1.57. The lowest BCUT2D eigenvalue weighted by atomic mass is 10.2. The molecule has 102 valence electrons. The van der Waals surface area contributed by atoms with Crippen LogP contribution in [-0.2, 0) is 9.59 Å². The molecule has 0 aliphatic heterocycles. The van der Waals surface area contributed by atoms with Crippen LogP contribution in [0.3, 0.4) is 0 Å². The van der Waals surface area contributed by atoms with Gasteiger partial charge in [-0.1, -0.05) is 25.7 Å². The molecule has 2 N–H and O–H groups in total. The lowest BCUT2D eigenvalue weighted by molar-refractivity contribution is -0.127. The summed E-state index contributed by atoms with van der Waals surface area (Å²) in [7, 11) is 0. The fourth-order valence-corrected chi connectivity index (χ4v) is 2.97. The number of nitrogens with one attached hydrogen (secondary N) is 2. The maximum atomic E-state index is 11.6. The Labute approximate surface area is 109 Å². The van der Waals surface area contributed by atoms with Gasteiger partial charge in [-0.05, 0) is 25.7 Å². The van der Waals surface area contributed by atoms with Crippen molar-refractivity contribution in [2.45, 2.75) is 76.3 Å². The van der Waals surface area contributed by atoms with E-state index in [0.717, 1.165) is 25.7 Å². The Bertz CT molecular complexity index is 262. The fraction of sp³-hybridized carbons (Fsp3) is 0.857. The van der Waals surface area contributed by atoms with Gasteiger partial charge in [0.05, 0.1) is 0 Å². The average molecular weight is 252 g/mol. The lowest BCUT2D eigenvalue weighted by Gasteiger charge is -2.13. The van der Waals surface area contributed by atoms with Gasteiger partial charge in [-0.15, -0.1) is 0 Å². The molecule has 0 unspecified atom stereocenters. The van der Waals surface area contributed by atoms with Gasteiger partial charge >= 0.3 is 0 Å². The van der Waals surface area contributed by atoms with Crippen molar-refractivity contribution in [2.24, 2.45) is 0 Å². The van der Waals surface area contributed by atoms with Crippen LogP contribution < -0.4 is 10.6 Å². The van der Waals surface area contributed by atoms with Gasteiger partial charge in [0, 0.05) is 24.9 Å². The molecule has 0 aromatic rings. The van der Waals surface area contributed by atoms with E-state index in [-0.39, 0.29) is 11.8 Å². The Kier molecular flexibility index (Phi) is 5.02. The third kappa shape index (κ3) is 4.31. The minimum absolute atomic E-state index is 0.0310. The third-order valence-electron chi connectivity index (χ3n) is 4.02. The van der Waals surface area contributed by atoms with Crippen molar-refractivity contribution in [3.05, 3.63) is 0 Å². The number of carbonyl (C=O) groups excluding carboxylic acids is 2. The van der Waals surface area contributed by atoms with Gasteiger partial charge in [0.2, 0.25) is 11.8 Å². The zero-order valence-electron chi connectivity index (χ0n) is 11.0. The predicted molar refractivity (Wildman–Crippen MR) is 70.0 cm³/mol. The number of hydrogen-bond donors (Lipinski definition) is 2. The first-order valence-corrected chi connectivity index (χ1v) is 7.33. The molecule has 4 heteroatoms. The summed E-state index contributed by atoms with van der Waals surface area (Å²) in [5.41, 5.74) is 0. The van der Waals surface area contributed by atoms with Crippen LogP contribution in [0.2, 0.25) is 0 Å². The molecule has 2 aliphatic rings. The molecule has 2 saturated carbocycles. The Morgan fingerprint density at radius 3 is 1.39 bits per heavy atom. The number of amides is 2. The summed E-state index contributed by atoms with van der Waals surface area (Å²) in [6.07, 6.45) is 9.91. The molecule has 0 atom stereocenters. The maximum absolute atomic E-state index is 11.6. The lowest BCUT2D eigenvalue weighted by Crippen LogP contribution is -2.35. The zero-order valence-corrected chi connectivity index (χ0v) is 11.0. The molecule has 4 nitrogen and oxygen atoms in total. The van der Waals surface area contributed by atoms with Crippen LogP contribution in [0.15, 0.2) is 0 Å². The second-order valence-corrected chi connectivity index (χ2v) is 5.60. The normalized spacial score (nSPS) is 21.1. The van der Waals surface area contributed by atoms with Crippen molar-refractivity contribution < 1.29 is 9.59 Å². The van der Waals surface area contributed by atoms with E-state index in [4.69, 9.17) is 0 Å². The van der Waals surface area contributed by atoms with E-state index in [2.05, 4.69) is 10.6 Å². The Morgan fingerprint density at radius 1 is 0.722 bits per heavy atom. The summed E-state index contributed by atoms with van der Waals surface area (Å²) >= 11 is 0. The van der Waals surface area contributed by atoms with E-state index in [9.17, 15) is 9.59 Å². The highest BCUT2D eigenvalue weighted by Crippen LogP contribution is 2.18. The standard InChI is InChI=1S/C14H24N2O2/c17-13(15-11-5-1-2-6-11)9-10-14(18)16-12-7-3-4-8-12/h11-12H,1-10H2,(H,15,17)(H,16,18). The number of hydrogen-bond acceptors (Lipinski definition) is 2. The summed E-state index contributed by atoms with van der Waals surface area (Å²) in [5, 5.41) is 6.02. The molecule has 2 amide bonds. The van der Waals surface area contributed by atoms with E-state index in [1.165, 1.54) is 25.7 Å². The smallest absolute Gasteiger partial charge is 0.220 e. The second kappa shape index (κ2) is 6.76. The van der Waals surface area contributed by atoms with Crippen LogP contribution in [0.1, 0.15) is 64.2 Å². The first kappa shape index (κ1) is 13.4. The molecule has 0 spiro atoms. The maximum Gasteiger partial charge on any atom is 0.220 e. The van der Waals surface area contributed by atoms with E-state index in [0.29, 0.717) is 24.9 Å². The molecule has 2 aliphatic carbocycles. The highest BCUT2D eigenvalue weighted by atomic mass is 16.2. The minimum atomic E-state index is 0.0310. The molecule has 0 bridgehead atoms. The van der Waals surface area contributed by atoms with Gasteiger partial charge in [-0.25, -0.2) is 0 Å². The van der Waals surface area contributed by atoms with Crippen molar-refractivity contribution in [1.82, 2.24) is 10.6 Å². The van der Waals surface area contributed by atoms with Crippen LogP contribution in [-0.4, -0.2) is 23.9 Å². The summed E-state index contributed by atoms with van der Waals surface area (Å²) in [6.45, 7) is 0. The van der Waals surface area contributed by atoms with Crippen molar-refractivity contribution in [1.29, 1.82) is 0 Å². The molecule has 2 rings (SSSR count). The fourth-order valence-electron chi connectivity index (χ4n) is 2.97. The first-order chi connectivity index (χ1) is 8.74. The third-order valence-corrected chi connectivity index (χ3v) is 4.02. The summed E-state index contributed by atoms with van der Waals surface area (Å²) in [6, 6.07) is 0.714. The number of rotatable bonds is 5. The minimum Gasteiger partial charge on any atom is -0.353 e. The van der Waals surface area contributed by atoms with Gasteiger partial charge < -0.3 is 10.6 Å². The van der Waals surface area contributed by atoms with Crippen molar-refractivity contribution >= 4 is 11.8 Å².